The molecule has 5 heteroatoms. The second-order valence-corrected chi connectivity index (χ2v) is 5.56. The number of benzene rings is 1. The Bertz CT molecular complexity index is 391. The molecule has 0 heterocycles. The van der Waals surface area contributed by atoms with Crippen LogP contribution >= 0.6 is 12.4 Å². The lowest BCUT2D eigenvalue weighted by Gasteiger charge is -2.25. The molecule has 0 amide bonds. The van der Waals surface area contributed by atoms with E-state index in [0.29, 0.717) is 12.1 Å². The number of aromatic hydroxyl groups is 1. The van der Waals surface area contributed by atoms with E-state index in [1.54, 1.807) is 18.2 Å². The zero-order chi connectivity index (χ0) is 13.8. The van der Waals surface area contributed by atoms with Crippen LogP contribution in [0.1, 0.15) is 37.8 Å². The van der Waals surface area contributed by atoms with E-state index < -0.39 is 0 Å². The van der Waals surface area contributed by atoms with Crippen LogP contribution in [0.2, 0.25) is 0 Å². The molecule has 1 atom stereocenters. The van der Waals surface area contributed by atoms with Gasteiger partial charge in [-0.2, -0.15) is 0 Å². The van der Waals surface area contributed by atoms with Crippen LogP contribution in [0, 0.1) is 0 Å². The van der Waals surface area contributed by atoms with Gasteiger partial charge in [-0.25, -0.2) is 0 Å². The highest BCUT2D eigenvalue weighted by molar-refractivity contribution is 5.85. The molecule has 1 unspecified atom stereocenters. The lowest BCUT2D eigenvalue weighted by Crippen LogP contribution is -2.39. The largest absolute Gasteiger partial charge is 0.508 e. The van der Waals surface area contributed by atoms with E-state index in [0.717, 1.165) is 5.56 Å². The molecule has 0 aliphatic carbocycles. The first kappa shape index (κ1) is 18.2. The van der Waals surface area contributed by atoms with Crippen molar-refractivity contribution in [1.29, 1.82) is 0 Å². The zero-order valence-electron chi connectivity index (χ0n) is 11.7. The van der Waals surface area contributed by atoms with Gasteiger partial charge >= 0.3 is 0 Å². The van der Waals surface area contributed by atoms with E-state index in [1.165, 1.54) is 0 Å². The van der Waals surface area contributed by atoms with E-state index >= 15 is 0 Å². The van der Waals surface area contributed by atoms with Gasteiger partial charge in [-0.1, -0.05) is 6.07 Å². The quantitative estimate of drug-likeness (QED) is 0.667. The molecule has 1 aromatic carbocycles. The number of aliphatic hydroxyl groups excluding tert-OH is 2. The Labute approximate surface area is 120 Å². The minimum Gasteiger partial charge on any atom is -0.508 e. The first-order chi connectivity index (χ1) is 8.37. The van der Waals surface area contributed by atoms with E-state index in [1.807, 2.05) is 0 Å². The van der Waals surface area contributed by atoms with Crippen molar-refractivity contribution in [3.63, 3.8) is 0 Å². The van der Waals surface area contributed by atoms with Gasteiger partial charge in [-0.15, -0.1) is 12.4 Å². The molecule has 1 aromatic rings. The lowest BCUT2D eigenvalue weighted by molar-refractivity contribution is 0.251. The maximum atomic E-state index is 9.51. The Morgan fingerprint density at radius 3 is 2.32 bits per heavy atom. The maximum absolute atomic E-state index is 9.51. The van der Waals surface area contributed by atoms with Gasteiger partial charge in [0.15, 0.2) is 0 Å². The fraction of sp³-hybridized carbons (Fsp3) is 0.571. The summed E-state index contributed by atoms with van der Waals surface area (Å²) in [6.07, 6.45) is 0. The van der Waals surface area contributed by atoms with Crippen molar-refractivity contribution in [2.24, 2.45) is 0 Å². The lowest BCUT2D eigenvalue weighted by atomic mass is 9.96. The van der Waals surface area contributed by atoms with Crippen LogP contribution in [0.5, 0.6) is 5.75 Å². The molecule has 0 fully saturated rings. The molecule has 0 saturated heterocycles. The minimum absolute atomic E-state index is 0. The predicted molar refractivity (Wildman–Crippen MR) is 78.9 cm³/mol. The normalized spacial score (nSPS) is 12.9. The fourth-order valence-corrected chi connectivity index (χ4v) is 1.70. The van der Waals surface area contributed by atoms with Crippen LogP contribution in [-0.2, 0) is 6.61 Å². The molecule has 110 valence electrons. The summed E-state index contributed by atoms with van der Waals surface area (Å²) in [5.41, 5.74) is 1.39. The predicted octanol–water partition coefficient (Wildman–Crippen LogP) is 1.77. The van der Waals surface area contributed by atoms with Gasteiger partial charge in [-0.3, -0.25) is 0 Å². The molecule has 19 heavy (non-hydrogen) atoms. The molecular formula is C14H24ClNO3. The topological polar surface area (TPSA) is 72.7 Å². The van der Waals surface area contributed by atoms with Gasteiger partial charge in [0, 0.05) is 23.6 Å². The van der Waals surface area contributed by atoms with Crippen molar-refractivity contribution in [1.82, 2.24) is 5.32 Å². The number of phenols is 1. The summed E-state index contributed by atoms with van der Waals surface area (Å²) in [6.45, 7) is 6.67. The number of nitrogens with one attached hydrogen (secondary N) is 1. The van der Waals surface area contributed by atoms with Crippen molar-refractivity contribution < 1.29 is 15.3 Å². The molecule has 4 N–H and O–H groups in total. The maximum Gasteiger partial charge on any atom is 0.121 e. The Balaban J connectivity index is 0.00000324. The molecule has 0 saturated carbocycles. The van der Waals surface area contributed by atoms with Crippen molar-refractivity contribution in [3.05, 3.63) is 29.3 Å². The van der Waals surface area contributed by atoms with Crippen molar-refractivity contribution >= 4 is 12.4 Å². The summed E-state index contributed by atoms with van der Waals surface area (Å²) in [4.78, 5) is 0. The third kappa shape index (κ3) is 5.78. The summed E-state index contributed by atoms with van der Waals surface area (Å²) in [7, 11) is 0. The summed E-state index contributed by atoms with van der Waals surface area (Å²) in [5, 5.41) is 31.4. The molecule has 0 radical (unpaired) electrons. The minimum atomic E-state index is -0.204. The highest BCUT2D eigenvalue weighted by atomic mass is 35.5. The van der Waals surface area contributed by atoms with Crippen LogP contribution in [0.3, 0.4) is 0 Å². The first-order valence-corrected chi connectivity index (χ1v) is 6.16. The highest BCUT2D eigenvalue weighted by Crippen LogP contribution is 2.23. The second-order valence-electron chi connectivity index (χ2n) is 5.56. The molecule has 1 rings (SSSR count). The monoisotopic (exact) mass is 289 g/mol. The number of hydrogen-bond acceptors (Lipinski definition) is 4. The average molecular weight is 290 g/mol. The van der Waals surface area contributed by atoms with Crippen LogP contribution in [0.4, 0.5) is 0 Å². The van der Waals surface area contributed by atoms with Crippen LogP contribution in [0.15, 0.2) is 18.2 Å². The van der Waals surface area contributed by atoms with Gasteiger partial charge in [0.05, 0.1) is 13.2 Å². The molecule has 0 aromatic heterocycles. The Morgan fingerprint density at radius 2 is 1.84 bits per heavy atom. The molecule has 0 aliphatic rings. The number of hydrogen-bond donors (Lipinski definition) is 4. The molecule has 0 aliphatic heterocycles. The smallest absolute Gasteiger partial charge is 0.121 e. The van der Waals surface area contributed by atoms with Crippen LogP contribution in [-0.4, -0.2) is 34.0 Å². The summed E-state index contributed by atoms with van der Waals surface area (Å²) in [5.74, 6) is 0.0387. The van der Waals surface area contributed by atoms with E-state index in [9.17, 15) is 10.2 Å². The van der Waals surface area contributed by atoms with Gasteiger partial charge in [0.2, 0.25) is 0 Å². The Morgan fingerprint density at radius 1 is 1.21 bits per heavy atom. The van der Waals surface area contributed by atoms with Crippen molar-refractivity contribution in [2.75, 3.05) is 13.2 Å². The van der Waals surface area contributed by atoms with E-state index in [4.69, 9.17) is 5.11 Å². The SMILES string of the molecule is CC(C)(C)NCC(CO)c1ccc(O)c(CO)c1.Cl. The average Bonchev–Trinajstić information content (AvgIpc) is 2.30. The fourth-order valence-electron chi connectivity index (χ4n) is 1.70. The Hall–Kier alpha value is -0.810. The van der Waals surface area contributed by atoms with Crippen LogP contribution in [0.25, 0.3) is 0 Å². The number of rotatable bonds is 5. The zero-order valence-corrected chi connectivity index (χ0v) is 12.5. The van der Waals surface area contributed by atoms with Crippen molar-refractivity contribution in [2.45, 2.75) is 38.8 Å². The van der Waals surface area contributed by atoms with Gasteiger partial charge in [0.1, 0.15) is 5.75 Å². The molecule has 0 bridgehead atoms. The summed E-state index contributed by atoms with van der Waals surface area (Å²) in [6, 6.07) is 5.07. The van der Waals surface area contributed by atoms with Gasteiger partial charge in [0.25, 0.3) is 0 Å². The first-order valence-electron chi connectivity index (χ1n) is 6.16. The van der Waals surface area contributed by atoms with Gasteiger partial charge < -0.3 is 20.6 Å². The molecular weight excluding hydrogens is 266 g/mol. The Kier molecular flexibility index (Phi) is 7.37. The summed E-state index contributed by atoms with van der Waals surface area (Å²) < 4.78 is 0. The standard InChI is InChI=1S/C14H23NO3.ClH/c1-14(2,3)15-7-12(9-17)10-4-5-13(18)11(6-10)8-16;/h4-6,12,15-18H,7-9H2,1-3H3;1H. The second kappa shape index (κ2) is 7.70. The third-order valence-electron chi connectivity index (χ3n) is 2.84. The third-order valence-corrected chi connectivity index (χ3v) is 2.84. The number of halogens is 1. The van der Waals surface area contributed by atoms with Crippen LogP contribution < -0.4 is 5.32 Å². The van der Waals surface area contributed by atoms with E-state index in [-0.39, 0.29) is 42.8 Å². The van der Waals surface area contributed by atoms with E-state index in [2.05, 4.69) is 26.1 Å². The molecule has 4 nitrogen and oxygen atoms in total. The summed E-state index contributed by atoms with van der Waals surface area (Å²) >= 11 is 0. The van der Waals surface area contributed by atoms with Crippen molar-refractivity contribution in [3.8, 4) is 5.75 Å². The van der Waals surface area contributed by atoms with Gasteiger partial charge in [-0.05, 0) is 38.5 Å². The molecule has 0 spiro atoms. The number of aliphatic hydroxyl groups is 2. The highest BCUT2D eigenvalue weighted by Gasteiger charge is 2.16.